The molecule has 0 aliphatic rings. The Morgan fingerprint density at radius 2 is 2.25 bits per heavy atom. The molecule has 3 rings (SSSR count). The summed E-state index contributed by atoms with van der Waals surface area (Å²) >= 11 is 0. The van der Waals surface area contributed by atoms with Crippen molar-refractivity contribution in [1.82, 2.24) is 9.97 Å². The highest BCUT2D eigenvalue weighted by Gasteiger charge is 2.08. The number of nitrogens with zero attached hydrogens (tertiary/aromatic N) is 1. The van der Waals surface area contributed by atoms with Gasteiger partial charge in [0.25, 0.3) is 0 Å². The molecule has 3 nitrogen and oxygen atoms in total. The van der Waals surface area contributed by atoms with Crippen LogP contribution in [0.2, 0.25) is 0 Å². The average Bonchev–Trinajstić information content (AvgIpc) is 2.91. The molecule has 0 saturated heterocycles. The number of rotatable bonds is 4. The van der Waals surface area contributed by atoms with Crippen molar-refractivity contribution in [1.29, 1.82) is 0 Å². The second-order valence-corrected chi connectivity index (χ2v) is 4.76. The molecule has 0 saturated carbocycles. The molecule has 0 atom stereocenters. The summed E-state index contributed by atoms with van der Waals surface area (Å²) in [5, 5.41) is 1.14. The van der Waals surface area contributed by atoms with Gasteiger partial charge in [-0.1, -0.05) is 12.6 Å². The van der Waals surface area contributed by atoms with Crippen molar-refractivity contribution >= 4 is 16.5 Å². The van der Waals surface area contributed by atoms with Gasteiger partial charge in [-0.25, -0.2) is 0 Å². The number of aromatic amines is 1. The van der Waals surface area contributed by atoms with E-state index in [9.17, 15) is 0 Å². The van der Waals surface area contributed by atoms with Gasteiger partial charge in [0.15, 0.2) is 0 Å². The van der Waals surface area contributed by atoms with Crippen molar-refractivity contribution in [2.24, 2.45) is 0 Å². The minimum absolute atomic E-state index is 0.790. The lowest BCUT2D eigenvalue weighted by atomic mass is 10.00. The highest BCUT2D eigenvalue weighted by Crippen LogP contribution is 2.29. The van der Waals surface area contributed by atoms with Crippen LogP contribution in [0.15, 0.2) is 55.5 Å². The molecule has 0 fully saturated rings. The first-order chi connectivity index (χ1) is 9.78. The number of methoxy groups -OCH3 is 1. The zero-order valence-corrected chi connectivity index (χ0v) is 11.4. The Bertz CT molecular complexity index is 744. The van der Waals surface area contributed by atoms with E-state index < -0.39 is 0 Å². The average molecular weight is 264 g/mol. The maximum Gasteiger partial charge on any atom is 0.119 e. The van der Waals surface area contributed by atoms with Crippen molar-refractivity contribution in [2.45, 2.75) is 6.42 Å². The molecule has 0 radical (unpaired) electrons. The lowest BCUT2D eigenvalue weighted by Crippen LogP contribution is -1.89. The number of nitrogens with one attached hydrogen (secondary N) is 1. The van der Waals surface area contributed by atoms with E-state index in [1.54, 1.807) is 13.3 Å². The molecule has 3 heteroatoms. The molecule has 1 aromatic carbocycles. The lowest BCUT2D eigenvalue weighted by Gasteiger charge is -2.05. The third-order valence-corrected chi connectivity index (χ3v) is 3.41. The fraction of sp³-hybridized carbons (Fsp3) is 0.118. The number of benzene rings is 1. The largest absolute Gasteiger partial charge is 0.497 e. The maximum atomic E-state index is 5.29. The van der Waals surface area contributed by atoms with Crippen LogP contribution in [0.5, 0.6) is 5.75 Å². The Hall–Kier alpha value is -2.55. The summed E-state index contributed by atoms with van der Waals surface area (Å²) in [6, 6.07) is 10.0. The Morgan fingerprint density at radius 3 is 3.00 bits per heavy atom. The van der Waals surface area contributed by atoms with E-state index >= 15 is 0 Å². The zero-order valence-electron chi connectivity index (χ0n) is 11.4. The molecule has 2 heterocycles. The minimum atomic E-state index is 0.790. The molecular weight excluding hydrogens is 248 g/mol. The van der Waals surface area contributed by atoms with Gasteiger partial charge < -0.3 is 9.72 Å². The number of aromatic nitrogens is 2. The van der Waals surface area contributed by atoms with Gasteiger partial charge >= 0.3 is 0 Å². The van der Waals surface area contributed by atoms with E-state index in [1.807, 2.05) is 36.7 Å². The van der Waals surface area contributed by atoms with Gasteiger partial charge in [-0.15, -0.1) is 0 Å². The number of hydrogen-bond acceptors (Lipinski definition) is 2. The van der Waals surface area contributed by atoms with E-state index in [2.05, 4.69) is 22.6 Å². The number of fused-ring (bicyclic) bond motifs is 1. The SMILES string of the molecule is C=C(Cc1cccnc1)c1c[nH]c2ccc(OC)cc12. The Morgan fingerprint density at radius 1 is 1.35 bits per heavy atom. The molecule has 100 valence electrons. The topological polar surface area (TPSA) is 37.9 Å². The van der Waals surface area contributed by atoms with E-state index in [-0.39, 0.29) is 0 Å². The van der Waals surface area contributed by atoms with Crippen LogP contribution in [0.25, 0.3) is 16.5 Å². The molecular formula is C17H16N2O. The molecule has 2 aromatic heterocycles. The number of hydrogen-bond donors (Lipinski definition) is 1. The molecule has 0 aliphatic carbocycles. The van der Waals surface area contributed by atoms with E-state index in [4.69, 9.17) is 4.74 Å². The van der Waals surface area contributed by atoms with Gasteiger partial charge in [-0.2, -0.15) is 0 Å². The second-order valence-electron chi connectivity index (χ2n) is 4.76. The summed E-state index contributed by atoms with van der Waals surface area (Å²) in [6.07, 6.45) is 6.45. The van der Waals surface area contributed by atoms with Crippen LogP contribution in [-0.4, -0.2) is 17.1 Å². The molecule has 0 unspecified atom stereocenters. The highest BCUT2D eigenvalue weighted by atomic mass is 16.5. The Balaban J connectivity index is 1.95. The van der Waals surface area contributed by atoms with Crippen molar-refractivity contribution in [3.8, 4) is 5.75 Å². The molecule has 0 amide bonds. The third kappa shape index (κ3) is 2.30. The summed E-state index contributed by atoms with van der Waals surface area (Å²) in [4.78, 5) is 7.41. The first-order valence-corrected chi connectivity index (χ1v) is 6.50. The number of ether oxygens (including phenoxy) is 1. The number of pyridine rings is 1. The van der Waals surface area contributed by atoms with Crippen LogP contribution in [0.4, 0.5) is 0 Å². The third-order valence-electron chi connectivity index (χ3n) is 3.41. The first-order valence-electron chi connectivity index (χ1n) is 6.50. The van der Waals surface area contributed by atoms with Gasteiger partial charge in [0.2, 0.25) is 0 Å². The second kappa shape index (κ2) is 5.21. The van der Waals surface area contributed by atoms with Crippen molar-refractivity contribution < 1.29 is 4.74 Å². The van der Waals surface area contributed by atoms with Crippen molar-refractivity contribution in [3.05, 3.63) is 66.6 Å². The summed E-state index contributed by atoms with van der Waals surface area (Å²) in [5.41, 5.74) is 4.45. The minimum Gasteiger partial charge on any atom is -0.497 e. The smallest absolute Gasteiger partial charge is 0.119 e. The Kier molecular flexibility index (Phi) is 3.25. The monoisotopic (exact) mass is 264 g/mol. The fourth-order valence-corrected chi connectivity index (χ4v) is 2.36. The summed E-state index contributed by atoms with van der Waals surface area (Å²) in [7, 11) is 1.68. The highest BCUT2D eigenvalue weighted by molar-refractivity contribution is 5.93. The molecule has 3 aromatic rings. The van der Waals surface area contributed by atoms with E-state index in [0.29, 0.717) is 0 Å². The number of allylic oxidation sites excluding steroid dienone is 1. The maximum absolute atomic E-state index is 5.29. The normalized spacial score (nSPS) is 10.7. The summed E-state index contributed by atoms with van der Waals surface area (Å²) in [6.45, 7) is 4.21. The molecule has 0 spiro atoms. The van der Waals surface area contributed by atoms with Crippen LogP contribution < -0.4 is 4.74 Å². The Labute approximate surface area is 117 Å². The molecule has 0 aliphatic heterocycles. The lowest BCUT2D eigenvalue weighted by molar-refractivity contribution is 0.415. The zero-order chi connectivity index (χ0) is 13.9. The van der Waals surface area contributed by atoms with Crippen molar-refractivity contribution in [3.63, 3.8) is 0 Å². The standard InChI is InChI=1S/C17H16N2O/c1-12(8-13-4-3-7-18-10-13)16-11-19-17-6-5-14(20-2)9-15(16)17/h3-7,9-11,19H,1,8H2,2H3. The molecule has 1 N–H and O–H groups in total. The van der Waals surface area contributed by atoms with Gasteiger partial charge in [0.05, 0.1) is 7.11 Å². The summed E-state index contributed by atoms with van der Waals surface area (Å²) in [5.74, 6) is 0.854. The van der Waals surface area contributed by atoms with Crippen LogP contribution >= 0.6 is 0 Å². The first kappa shape index (κ1) is 12.5. The van der Waals surface area contributed by atoms with Gasteiger partial charge in [-0.05, 0) is 41.8 Å². The van der Waals surface area contributed by atoms with Crippen LogP contribution in [0.1, 0.15) is 11.1 Å². The molecule has 20 heavy (non-hydrogen) atoms. The number of H-pyrrole nitrogens is 1. The van der Waals surface area contributed by atoms with E-state index in [0.717, 1.165) is 39.8 Å². The van der Waals surface area contributed by atoms with Gasteiger partial charge in [0, 0.05) is 35.1 Å². The van der Waals surface area contributed by atoms with Crippen molar-refractivity contribution in [2.75, 3.05) is 7.11 Å². The van der Waals surface area contributed by atoms with Gasteiger partial charge in [0.1, 0.15) is 5.75 Å². The van der Waals surface area contributed by atoms with Gasteiger partial charge in [-0.3, -0.25) is 4.98 Å². The van der Waals surface area contributed by atoms with Crippen LogP contribution in [0, 0.1) is 0 Å². The van der Waals surface area contributed by atoms with Crippen LogP contribution in [-0.2, 0) is 6.42 Å². The molecule has 0 bridgehead atoms. The predicted molar refractivity (Wildman–Crippen MR) is 81.8 cm³/mol. The quantitative estimate of drug-likeness (QED) is 0.777. The summed E-state index contributed by atoms with van der Waals surface area (Å²) < 4.78 is 5.29. The van der Waals surface area contributed by atoms with E-state index in [1.165, 1.54) is 0 Å². The predicted octanol–water partition coefficient (Wildman–Crippen LogP) is 3.83. The fourth-order valence-electron chi connectivity index (χ4n) is 2.36. The van der Waals surface area contributed by atoms with Crippen LogP contribution in [0.3, 0.4) is 0 Å².